The van der Waals surface area contributed by atoms with Crippen LogP contribution in [0, 0.1) is 5.82 Å². The Labute approximate surface area is 154 Å². The molecular weight excluding hydrogens is 347 g/mol. The van der Waals surface area contributed by atoms with E-state index in [2.05, 4.69) is 10.6 Å². The highest BCUT2D eigenvalue weighted by molar-refractivity contribution is 5.81. The van der Waals surface area contributed by atoms with E-state index in [1.54, 1.807) is 35.0 Å². The smallest absolute Gasteiger partial charge is 0.275 e. The minimum Gasteiger partial charge on any atom is -0.386 e. The zero-order valence-electron chi connectivity index (χ0n) is 14.8. The lowest BCUT2D eigenvalue weighted by molar-refractivity contribution is -0.120. The molecule has 6 nitrogen and oxygen atoms in total. The molecule has 2 aromatic heterocycles. The maximum Gasteiger partial charge on any atom is 0.275 e. The van der Waals surface area contributed by atoms with Crippen molar-refractivity contribution in [1.82, 2.24) is 19.6 Å². The van der Waals surface area contributed by atoms with E-state index >= 15 is 0 Å². The van der Waals surface area contributed by atoms with Gasteiger partial charge in [-0.3, -0.25) is 9.59 Å². The molecule has 0 fully saturated rings. The van der Waals surface area contributed by atoms with E-state index < -0.39 is 5.82 Å². The van der Waals surface area contributed by atoms with E-state index in [0.717, 1.165) is 23.3 Å². The molecule has 1 aromatic carbocycles. The number of hydrogen-bond donors (Lipinski definition) is 2. The summed E-state index contributed by atoms with van der Waals surface area (Å²) in [5, 5.41) is 5.89. The predicted octanol–water partition coefficient (Wildman–Crippen LogP) is 2.29. The average molecular weight is 366 g/mol. The van der Waals surface area contributed by atoms with Gasteiger partial charge in [0.2, 0.25) is 5.91 Å². The number of aryl methyl sites for hydroxylation is 1. The Hall–Kier alpha value is -3.35. The highest BCUT2D eigenvalue weighted by Crippen LogP contribution is 2.17. The largest absolute Gasteiger partial charge is 0.386 e. The first-order valence-electron chi connectivity index (χ1n) is 8.74. The Morgan fingerprint density at radius 2 is 2.11 bits per heavy atom. The summed E-state index contributed by atoms with van der Waals surface area (Å²) in [5.74, 6) is -0.629. The molecule has 1 aliphatic rings. The van der Waals surface area contributed by atoms with Crippen molar-refractivity contribution in [3.05, 3.63) is 76.2 Å². The molecule has 3 heterocycles. The number of hydrogen-bond acceptors (Lipinski definition) is 3. The number of nitrogens with one attached hydrogen (secondary N) is 2. The minimum atomic E-state index is -0.425. The number of amides is 1. The van der Waals surface area contributed by atoms with E-state index in [1.807, 2.05) is 13.0 Å². The van der Waals surface area contributed by atoms with Gasteiger partial charge < -0.3 is 19.6 Å². The van der Waals surface area contributed by atoms with Crippen LogP contribution < -0.4 is 16.2 Å². The predicted molar refractivity (Wildman–Crippen MR) is 102 cm³/mol. The molecule has 0 saturated heterocycles. The average Bonchev–Trinajstić information content (AvgIpc) is 3.13. The van der Waals surface area contributed by atoms with Crippen LogP contribution in [0.5, 0.6) is 0 Å². The van der Waals surface area contributed by atoms with E-state index in [0.29, 0.717) is 11.0 Å². The normalized spacial score (nSPS) is 14.0. The minimum absolute atomic E-state index is 0.104. The molecule has 138 valence electrons. The van der Waals surface area contributed by atoms with Gasteiger partial charge in [-0.25, -0.2) is 4.39 Å². The third-order valence-corrected chi connectivity index (χ3v) is 4.73. The molecule has 27 heavy (non-hydrogen) atoms. The summed E-state index contributed by atoms with van der Waals surface area (Å²) < 4.78 is 17.0. The van der Waals surface area contributed by atoms with Crippen LogP contribution in [0.25, 0.3) is 16.6 Å². The lowest BCUT2D eigenvalue weighted by Crippen LogP contribution is -2.30. The summed E-state index contributed by atoms with van der Waals surface area (Å²) in [6, 6.07) is 7.82. The van der Waals surface area contributed by atoms with Gasteiger partial charge in [-0.15, -0.1) is 0 Å². The Morgan fingerprint density at radius 1 is 1.26 bits per heavy atom. The summed E-state index contributed by atoms with van der Waals surface area (Å²) >= 11 is 0. The Kier molecular flexibility index (Phi) is 4.27. The van der Waals surface area contributed by atoms with Crippen LogP contribution >= 0.6 is 0 Å². The number of carbonyl (C=O) groups is 1. The first-order chi connectivity index (χ1) is 13.0. The topological polar surface area (TPSA) is 67.5 Å². The summed E-state index contributed by atoms with van der Waals surface area (Å²) in [6.45, 7) is 2.82. The number of rotatable bonds is 4. The van der Waals surface area contributed by atoms with Crippen LogP contribution in [-0.2, 0) is 11.3 Å². The van der Waals surface area contributed by atoms with Crippen molar-refractivity contribution in [2.24, 2.45) is 0 Å². The third-order valence-electron chi connectivity index (χ3n) is 4.73. The van der Waals surface area contributed by atoms with Gasteiger partial charge in [0, 0.05) is 31.9 Å². The highest BCUT2D eigenvalue weighted by atomic mass is 19.1. The van der Waals surface area contributed by atoms with Gasteiger partial charge in [-0.05, 0) is 42.8 Å². The van der Waals surface area contributed by atoms with Crippen LogP contribution in [-0.4, -0.2) is 21.4 Å². The van der Waals surface area contributed by atoms with Crippen molar-refractivity contribution in [2.45, 2.75) is 19.9 Å². The number of allylic oxidation sites excluding steroid dienone is 1. The van der Waals surface area contributed by atoms with E-state index in [1.165, 1.54) is 16.7 Å². The summed E-state index contributed by atoms with van der Waals surface area (Å²) in [5.41, 5.74) is 3.13. The SMILES string of the molecule is CC1=CCNC=C1NC(=O)CCn1c(=O)c2cccn2c2ccc(F)cc21. The van der Waals surface area contributed by atoms with E-state index in [4.69, 9.17) is 0 Å². The third kappa shape index (κ3) is 3.12. The molecular formula is C20H19FN4O2. The van der Waals surface area contributed by atoms with Gasteiger partial charge >= 0.3 is 0 Å². The van der Waals surface area contributed by atoms with Crippen LogP contribution in [0.2, 0.25) is 0 Å². The van der Waals surface area contributed by atoms with Crippen LogP contribution in [0.15, 0.2) is 64.9 Å². The van der Waals surface area contributed by atoms with Gasteiger partial charge in [0.15, 0.2) is 0 Å². The Bertz CT molecular complexity index is 1170. The zero-order valence-corrected chi connectivity index (χ0v) is 14.8. The molecule has 0 aliphatic carbocycles. The van der Waals surface area contributed by atoms with Gasteiger partial charge in [0.1, 0.15) is 11.3 Å². The monoisotopic (exact) mass is 366 g/mol. The number of benzene rings is 1. The molecule has 2 N–H and O–H groups in total. The van der Waals surface area contributed by atoms with Crippen molar-refractivity contribution < 1.29 is 9.18 Å². The first kappa shape index (κ1) is 17.1. The number of fused-ring (bicyclic) bond motifs is 3. The maximum absolute atomic E-state index is 13.8. The molecule has 3 aromatic rings. The molecule has 1 amide bonds. The maximum atomic E-state index is 13.8. The molecule has 4 rings (SSSR count). The quantitative estimate of drug-likeness (QED) is 0.745. The second kappa shape index (κ2) is 6.75. The van der Waals surface area contributed by atoms with Crippen molar-refractivity contribution in [2.75, 3.05) is 6.54 Å². The molecule has 0 bridgehead atoms. The fraction of sp³-hybridized carbons (Fsp3) is 0.200. The fourth-order valence-corrected chi connectivity index (χ4v) is 3.31. The Morgan fingerprint density at radius 3 is 2.93 bits per heavy atom. The van der Waals surface area contributed by atoms with Gasteiger partial charge in [0.05, 0.1) is 16.7 Å². The second-order valence-corrected chi connectivity index (χ2v) is 6.50. The van der Waals surface area contributed by atoms with Crippen molar-refractivity contribution in [3.63, 3.8) is 0 Å². The lowest BCUT2D eigenvalue weighted by Gasteiger charge is -2.16. The van der Waals surface area contributed by atoms with Crippen LogP contribution in [0.4, 0.5) is 4.39 Å². The van der Waals surface area contributed by atoms with Gasteiger partial charge in [0.25, 0.3) is 5.56 Å². The molecule has 7 heteroatoms. The molecule has 0 spiro atoms. The molecule has 0 saturated carbocycles. The number of carbonyl (C=O) groups excluding carboxylic acids is 1. The summed E-state index contributed by atoms with van der Waals surface area (Å²) in [6.07, 6.45) is 5.62. The first-order valence-corrected chi connectivity index (χ1v) is 8.74. The second-order valence-electron chi connectivity index (χ2n) is 6.50. The Balaban J connectivity index is 1.65. The highest BCUT2D eigenvalue weighted by Gasteiger charge is 2.14. The zero-order chi connectivity index (χ0) is 19.0. The van der Waals surface area contributed by atoms with Crippen LogP contribution in [0.3, 0.4) is 0 Å². The number of aromatic nitrogens is 2. The van der Waals surface area contributed by atoms with E-state index in [-0.39, 0.29) is 24.4 Å². The summed E-state index contributed by atoms with van der Waals surface area (Å²) in [7, 11) is 0. The van der Waals surface area contributed by atoms with Gasteiger partial charge in [-0.2, -0.15) is 0 Å². The standard InChI is InChI=1S/C20H19FN4O2/c1-13-6-8-22-12-15(13)23-19(26)7-10-25-18-11-14(21)4-5-16(18)24-9-2-3-17(24)20(25)27/h2-6,9,11-12,22H,7-8,10H2,1H3,(H,23,26). The number of halogens is 1. The number of dihydropyridines is 1. The molecule has 0 unspecified atom stereocenters. The van der Waals surface area contributed by atoms with Crippen molar-refractivity contribution in [3.8, 4) is 0 Å². The summed E-state index contributed by atoms with van der Waals surface area (Å²) in [4.78, 5) is 25.2. The van der Waals surface area contributed by atoms with Gasteiger partial charge in [-0.1, -0.05) is 6.08 Å². The van der Waals surface area contributed by atoms with Crippen LogP contribution in [0.1, 0.15) is 13.3 Å². The fourth-order valence-electron chi connectivity index (χ4n) is 3.31. The van der Waals surface area contributed by atoms with Crippen molar-refractivity contribution in [1.29, 1.82) is 0 Å². The molecule has 0 atom stereocenters. The lowest BCUT2D eigenvalue weighted by atomic mass is 10.1. The van der Waals surface area contributed by atoms with Crippen molar-refractivity contribution >= 4 is 22.5 Å². The van der Waals surface area contributed by atoms with E-state index in [9.17, 15) is 14.0 Å². The molecule has 0 radical (unpaired) electrons. The molecule has 1 aliphatic heterocycles. The number of nitrogens with zero attached hydrogens (tertiary/aromatic N) is 2.